The zero-order valence-electron chi connectivity index (χ0n) is 29.0. The Morgan fingerprint density at radius 2 is 1.56 bits per heavy atom. The van der Waals surface area contributed by atoms with Gasteiger partial charge in [0.15, 0.2) is 5.79 Å². The molecule has 1 amide bonds. The minimum atomic E-state index is -0.969. The van der Waals surface area contributed by atoms with Crippen molar-refractivity contribution in [2.45, 2.75) is 98.4 Å². The van der Waals surface area contributed by atoms with Gasteiger partial charge in [-0.2, -0.15) is 0 Å². The fourth-order valence-corrected chi connectivity index (χ4v) is 6.41. The van der Waals surface area contributed by atoms with Gasteiger partial charge in [0.05, 0.1) is 23.8 Å². The molecular formula is C40H47FN2O5. The predicted molar refractivity (Wildman–Crippen MR) is 187 cm³/mol. The van der Waals surface area contributed by atoms with Gasteiger partial charge in [0.2, 0.25) is 6.29 Å². The zero-order chi connectivity index (χ0) is 34.6. The Hall–Kier alpha value is -4.27. The molecule has 1 aromatic heterocycles. The molecule has 2 atom stereocenters. The van der Waals surface area contributed by atoms with Gasteiger partial charge in [0, 0.05) is 29.9 Å². The molecule has 3 aromatic carbocycles. The highest BCUT2D eigenvalue weighted by Gasteiger charge is 2.38. The van der Waals surface area contributed by atoms with Gasteiger partial charge in [-0.3, -0.25) is 9.59 Å². The maximum Gasteiger partial charge on any atom is 0.308 e. The first kappa shape index (κ1) is 35.0. The maximum absolute atomic E-state index is 14.3. The van der Waals surface area contributed by atoms with E-state index in [1.54, 1.807) is 12.1 Å². The highest BCUT2D eigenvalue weighted by atomic mass is 19.1. The lowest BCUT2D eigenvalue weighted by Crippen LogP contribution is -2.46. The van der Waals surface area contributed by atoms with Crippen molar-refractivity contribution in [2.24, 2.45) is 5.41 Å². The minimum Gasteiger partial charge on any atom is -0.436 e. The topological polar surface area (TPSA) is 78.8 Å². The van der Waals surface area contributed by atoms with E-state index in [-0.39, 0.29) is 41.6 Å². The molecule has 254 valence electrons. The quantitative estimate of drug-likeness (QED) is 0.172. The van der Waals surface area contributed by atoms with Crippen molar-refractivity contribution >= 4 is 17.6 Å². The summed E-state index contributed by atoms with van der Waals surface area (Å²) >= 11 is 0. The number of carbonyl (C=O) groups is 2. The molecule has 7 nitrogen and oxygen atoms in total. The number of aromatic nitrogens is 1. The average Bonchev–Trinajstić information content (AvgIpc) is 3.35. The van der Waals surface area contributed by atoms with Gasteiger partial charge in [-0.15, -0.1) is 0 Å². The largest absolute Gasteiger partial charge is 0.436 e. The molecule has 0 spiro atoms. The van der Waals surface area contributed by atoms with E-state index < -0.39 is 12.1 Å². The van der Waals surface area contributed by atoms with Crippen LogP contribution >= 0.6 is 0 Å². The number of rotatable bonds is 10. The first-order valence-electron chi connectivity index (χ1n) is 16.7. The number of para-hydroxylation sites is 1. The summed E-state index contributed by atoms with van der Waals surface area (Å²) in [5.41, 5.74) is 5.18. The average molecular weight is 655 g/mol. The van der Waals surface area contributed by atoms with Crippen molar-refractivity contribution in [3.05, 3.63) is 102 Å². The Kier molecular flexibility index (Phi) is 10.6. The molecular weight excluding hydrogens is 607 g/mol. The van der Waals surface area contributed by atoms with E-state index in [1.165, 1.54) is 12.1 Å². The lowest BCUT2D eigenvalue weighted by molar-refractivity contribution is -0.344. The van der Waals surface area contributed by atoms with Gasteiger partial charge in [0.1, 0.15) is 5.82 Å². The predicted octanol–water partition coefficient (Wildman–Crippen LogP) is 9.57. The number of esters is 1. The Bertz CT molecular complexity index is 1710. The summed E-state index contributed by atoms with van der Waals surface area (Å²) in [6, 6.07) is 25.7. The molecule has 2 unspecified atom stereocenters. The van der Waals surface area contributed by atoms with Crippen LogP contribution in [0.15, 0.2) is 84.9 Å². The third-order valence-electron chi connectivity index (χ3n) is 8.22. The van der Waals surface area contributed by atoms with E-state index in [9.17, 15) is 14.0 Å². The summed E-state index contributed by atoms with van der Waals surface area (Å²) in [6.07, 6.45) is 0.155. The molecule has 0 saturated carbocycles. The first-order valence-corrected chi connectivity index (χ1v) is 16.7. The number of ether oxygens (including phenoxy) is 3. The van der Waals surface area contributed by atoms with Crippen LogP contribution in [0.25, 0.3) is 22.4 Å². The number of halogens is 1. The Morgan fingerprint density at radius 1 is 0.938 bits per heavy atom. The Morgan fingerprint density at radius 3 is 2.17 bits per heavy atom. The molecule has 0 aliphatic carbocycles. The minimum absolute atomic E-state index is 0.0451. The summed E-state index contributed by atoms with van der Waals surface area (Å²) in [4.78, 5) is 27.1. The lowest BCUT2D eigenvalue weighted by Gasteiger charge is -2.40. The monoisotopic (exact) mass is 654 g/mol. The molecule has 0 radical (unpaired) electrons. The number of carbonyl (C=O) groups excluding carboxylic acids is 2. The van der Waals surface area contributed by atoms with Crippen molar-refractivity contribution < 1.29 is 28.2 Å². The molecule has 2 heterocycles. The van der Waals surface area contributed by atoms with Crippen LogP contribution < -0.4 is 5.32 Å². The molecule has 8 heteroatoms. The number of anilines is 1. The van der Waals surface area contributed by atoms with E-state index in [1.807, 2.05) is 95.3 Å². The van der Waals surface area contributed by atoms with E-state index >= 15 is 0 Å². The fourth-order valence-electron chi connectivity index (χ4n) is 6.41. The highest BCUT2D eigenvalue weighted by Crippen LogP contribution is 2.43. The van der Waals surface area contributed by atoms with Gasteiger partial charge >= 0.3 is 5.97 Å². The third kappa shape index (κ3) is 8.60. The Balaban J connectivity index is 1.59. The van der Waals surface area contributed by atoms with Gasteiger partial charge in [-0.05, 0) is 79.1 Å². The Labute approximate surface area is 283 Å². The van der Waals surface area contributed by atoms with E-state index in [0.29, 0.717) is 30.6 Å². The van der Waals surface area contributed by atoms with Crippen molar-refractivity contribution in [3.63, 3.8) is 0 Å². The molecule has 1 fully saturated rings. The van der Waals surface area contributed by atoms with E-state index in [4.69, 9.17) is 14.2 Å². The number of nitrogens with zero attached hydrogens (tertiary/aromatic N) is 1. The molecule has 1 saturated heterocycles. The van der Waals surface area contributed by atoms with Gasteiger partial charge in [-0.1, -0.05) is 83.1 Å². The van der Waals surface area contributed by atoms with Gasteiger partial charge in [-0.25, -0.2) is 4.39 Å². The summed E-state index contributed by atoms with van der Waals surface area (Å²) in [5, 5.41) is 3.12. The summed E-state index contributed by atoms with van der Waals surface area (Å²) < 4.78 is 34.6. The molecule has 0 bridgehead atoms. The molecule has 1 aliphatic rings. The van der Waals surface area contributed by atoms with Gasteiger partial charge in [0.25, 0.3) is 5.91 Å². The molecule has 1 aliphatic heterocycles. The van der Waals surface area contributed by atoms with Crippen LogP contribution in [0.5, 0.6) is 0 Å². The molecule has 5 rings (SSSR count). The standard InChI is InChI=1S/C40H47FN2O5/c1-26(2)36-35(38(45)42-30-16-12-9-13-17-30)34(27-14-10-8-11-15-27)37(28-18-20-29(41)21-19-28)43(36)23-22-31-24-33(48-40(6,7)47-31)46-32(44)25-39(3,4)5/h8-21,26,31,33H,22-25H2,1-7H3,(H,42,45). The molecule has 1 N–H and O–H groups in total. The smallest absolute Gasteiger partial charge is 0.308 e. The second-order valence-electron chi connectivity index (χ2n) is 14.4. The normalized spacial score (nSPS) is 17.7. The SMILES string of the molecule is CC(C)c1c(C(=O)Nc2ccccc2)c(-c2ccccc2)c(-c2ccc(F)cc2)n1CCC1CC(OC(=O)CC(C)(C)C)OC(C)(C)O1. The van der Waals surface area contributed by atoms with Crippen LogP contribution in [-0.2, 0) is 25.5 Å². The molecule has 48 heavy (non-hydrogen) atoms. The number of hydrogen-bond donors (Lipinski definition) is 1. The third-order valence-corrected chi connectivity index (χ3v) is 8.22. The lowest BCUT2D eigenvalue weighted by atomic mass is 9.92. The second kappa shape index (κ2) is 14.5. The molecule has 4 aromatic rings. The van der Waals surface area contributed by atoms with E-state index in [0.717, 1.165) is 28.1 Å². The highest BCUT2D eigenvalue weighted by molar-refractivity contribution is 6.12. The first-order chi connectivity index (χ1) is 22.7. The van der Waals surface area contributed by atoms with Crippen LogP contribution in [0.2, 0.25) is 0 Å². The summed E-state index contributed by atoms with van der Waals surface area (Å²) in [7, 11) is 0. The van der Waals surface area contributed by atoms with Crippen molar-refractivity contribution in [2.75, 3.05) is 5.32 Å². The number of benzene rings is 3. The van der Waals surface area contributed by atoms with Crippen LogP contribution in [0.3, 0.4) is 0 Å². The van der Waals surface area contributed by atoms with Crippen molar-refractivity contribution in [1.82, 2.24) is 4.57 Å². The number of nitrogens with one attached hydrogen (secondary N) is 1. The van der Waals surface area contributed by atoms with Gasteiger partial charge < -0.3 is 24.1 Å². The number of amides is 1. The van der Waals surface area contributed by atoms with E-state index in [2.05, 4.69) is 23.7 Å². The zero-order valence-corrected chi connectivity index (χ0v) is 29.0. The van der Waals surface area contributed by atoms with Crippen LogP contribution in [0, 0.1) is 11.2 Å². The summed E-state index contributed by atoms with van der Waals surface area (Å²) in [6.45, 7) is 14.3. The summed E-state index contributed by atoms with van der Waals surface area (Å²) in [5.74, 6) is -1.88. The van der Waals surface area contributed by atoms with Crippen molar-refractivity contribution in [1.29, 1.82) is 0 Å². The fraction of sp³-hybridized carbons (Fsp3) is 0.400. The van der Waals surface area contributed by atoms with Crippen LogP contribution in [-0.4, -0.2) is 34.6 Å². The maximum atomic E-state index is 14.3. The second-order valence-corrected chi connectivity index (χ2v) is 14.4. The number of hydrogen-bond acceptors (Lipinski definition) is 5. The van der Waals surface area contributed by atoms with Crippen LogP contribution in [0.4, 0.5) is 10.1 Å². The van der Waals surface area contributed by atoms with Crippen molar-refractivity contribution in [3.8, 4) is 22.4 Å². The van der Waals surface area contributed by atoms with Crippen LogP contribution in [0.1, 0.15) is 89.7 Å².